The highest BCUT2D eigenvalue weighted by molar-refractivity contribution is 5.85. The lowest BCUT2D eigenvalue weighted by Gasteiger charge is -2.30. The first-order valence-corrected chi connectivity index (χ1v) is 35.1. The Labute approximate surface area is 615 Å². The molecule has 106 heavy (non-hydrogen) atoms. The lowest BCUT2D eigenvalue weighted by Crippen LogP contribution is -2.38. The second kappa shape index (κ2) is 34.0. The van der Waals surface area contributed by atoms with Gasteiger partial charge in [0.1, 0.15) is 40.2 Å². The number of aryl methyl sites for hydroxylation is 3. The van der Waals surface area contributed by atoms with Crippen LogP contribution < -0.4 is 38.4 Å². The number of hydrogen-bond acceptors (Lipinski definition) is 23. The lowest BCUT2D eigenvalue weighted by atomic mass is 10.1. The average molecular weight is 1440 g/mol. The molecule has 14 rings (SSSR count). The van der Waals surface area contributed by atoms with Crippen LogP contribution in [0.15, 0.2) is 165 Å². The molecule has 6 aromatic heterocycles. The summed E-state index contributed by atoms with van der Waals surface area (Å²) < 4.78 is 53.2. The van der Waals surface area contributed by atoms with Crippen LogP contribution in [0.25, 0.3) is 66.9 Å². The smallest absolute Gasteiger partial charge is 0.128 e. The number of hydrogen-bond donors (Lipinski definition) is 2. The van der Waals surface area contributed by atoms with Gasteiger partial charge in [0.25, 0.3) is 0 Å². The van der Waals surface area contributed by atoms with Crippen molar-refractivity contribution in [2.75, 3.05) is 122 Å². The van der Waals surface area contributed by atoms with Crippen LogP contribution in [0.2, 0.25) is 0 Å². The van der Waals surface area contributed by atoms with Crippen molar-refractivity contribution < 1.29 is 43.0 Å². The monoisotopic (exact) mass is 1440 g/mol. The van der Waals surface area contributed by atoms with Gasteiger partial charge < -0.3 is 53.3 Å². The highest BCUT2D eigenvalue weighted by Crippen LogP contribution is 2.38. The molecule has 550 valence electrons. The third-order valence-corrected chi connectivity index (χ3v) is 18.0. The van der Waals surface area contributed by atoms with Gasteiger partial charge in [-0.25, -0.2) is 19.3 Å². The van der Waals surface area contributed by atoms with Gasteiger partial charge >= 0.3 is 0 Å². The molecule has 0 radical (unpaired) electrons. The second-order valence-corrected chi connectivity index (χ2v) is 27.0. The molecule has 0 amide bonds. The van der Waals surface area contributed by atoms with Crippen LogP contribution in [0.3, 0.4) is 0 Å². The molecule has 2 N–H and O–H groups in total. The zero-order chi connectivity index (χ0) is 74.4. The Morgan fingerprint density at radius 3 is 1.39 bits per heavy atom. The lowest BCUT2D eigenvalue weighted by molar-refractivity contribution is 0.0377. The van der Waals surface area contributed by atoms with Crippen molar-refractivity contribution >= 4 is 67.2 Å². The Bertz CT molecular complexity index is 4970. The minimum atomic E-state index is -0.659. The van der Waals surface area contributed by atoms with Gasteiger partial charge in [-0.2, -0.15) is 20.6 Å². The molecule has 0 spiro atoms. The number of fused-ring (bicyclic) bond motifs is 3. The van der Waals surface area contributed by atoms with E-state index in [-0.39, 0.29) is 19.1 Å². The Kier molecular flexibility index (Phi) is 23.8. The summed E-state index contributed by atoms with van der Waals surface area (Å²) in [6.07, 6.45) is 17.5. The van der Waals surface area contributed by atoms with Crippen LogP contribution in [0.1, 0.15) is 33.6 Å². The van der Waals surface area contributed by atoms with Crippen molar-refractivity contribution in [3.8, 4) is 68.6 Å². The van der Waals surface area contributed by atoms with Gasteiger partial charge in [0.15, 0.2) is 0 Å². The maximum absolute atomic E-state index is 14.4. The summed E-state index contributed by atoms with van der Waals surface area (Å²) in [6, 6.07) is 36.2. The fraction of sp³-hybridized carbons (Fsp3) is 0.342. The second-order valence-electron chi connectivity index (χ2n) is 27.0. The number of likely N-dealkylation sites (tertiary alicyclic amines) is 1. The van der Waals surface area contributed by atoms with Crippen molar-refractivity contribution in [3.63, 3.8) is 0 Å². The van der Waals surface area contributed by atoms with E-state index in [2.05, 4.69) is 63.1 Å². The third kappa shape index (κ3) is 18.9. The highest BCUT2D eigenvalue weighted by atomic mass is 19.1. The van der Waals surface area contributed by atoms with Crippen molar-refractivity contribution in [2.45, 2.75) is 45.3 Å². The van der Waals surface area contributed by atoms with Gasteiger partial charge in [-0.3, -0.25) is 38.8 Å². The van der Waals surface area contributed by atoms with Crippen LogP contribution >= 0.6 is 0 Å². The molecule has 0 aliphatic carbocycles. The third-order valence-electron chi connectivity index (χ3n) is 18.0. The van der Waals surface area contributed by atoms with E-state index in [1.165, 1.54) is 12.1 Å². The maximum Gasteiger partial charge on any atom is 0.128 e. The molecule has 2 aliphatic rings. The molecular formula is C79H89FN18O8. The van der Waals surface area contributed by atoms with Crippen molar-refractivity contribution in [2.24, 2.45) is 27.1 Å². The van der Waals surface area contributed by atoms with E-state index in [9.17, 15) is 19.9 Å². The molecule has 2 saturated heterocycles. The summed E-state index contributed by atoms with van der Waals surface area (Å²) in [5.74, 6) is 2.83. The molecule has 2 fully saturated rings. The number of nitriles is 1. The topological polar surface area (TPSA) is 267 Å². The van der Waals surface area contributed by atoms with Crippen LogP contribution in [0, 0.1) is 23.1 Å². The zero-order valence-corrected chi connectivity index (χ0v) is 61.4. The van der Waals surface area contributed by atoms with E-state index in [0.717, 1.165) is 154 Å². The Balaban J connectivity index is 0.000000150. The fourth-order valence-corrected chi connectivity index (χ4v) is 12.8. The van der Waals surface area contributed by atoms with E-state index in [1.54, 1.807) is 85.7 Å². The van der Waals surface area contributed by atoms with Gasteiger partial charge in [-0.05, 0) is 101 Å². The number of aliphatic hydroxyl groups is 2. The molecule has 8 heterocycles. The Morgan fingerprint density at radius 1 is 0.538 bits per heavy atom. The average Bonchev–Trinajstić information content (AvgIpc) is 0.935. The van der Waals surface area contributed by atoms with Crippen molar-refractivity contribution in [3.05, 3.63) is 171 Å². The first-order valence-electron chi connectivity index (χ1n) is 35.1. The number of anilines is 6. The van der Waals surface area contributed by atoms with Crippen molar-refractivity contribution in [1.82, 2.24) is 69.0 Å². The number of rotatable bonds is 24. The number of aromatic nitrogens is 12. The molecule has 0 saturated carbocycles. The number of benzene rings is 6. The Hall–Kier alpha value is -11.4. The van der Waals surface area contributed by atoms with Gasteiger partial charge in [0, 0.05) is 185 Å². The van der Waals surface area contributed by atoms with Gasteiger partial charge in [-0.15, -0.1) is 0 Å². The minimum absolute atomic E-state index is 0.0222. The number of halogens is 1. The molecular weight excluding hydrogens is 1350 g/mol. The summed E-state index contributed by atoms with van der Waals surface area (Å²) in [5.41, 5.74) is 14.1. The number of methoxy groups -OCH3 is 4. The molecule has 6 aromatic carbocycles. The van der Waals surface area contributed by atoms with Crippen molar-refractivity contribution in [1.29, 1.82) is 5.26 Å². The molecule has 27 heteroatoms. The first-order chi connectivity index (χ1) is 51.3. The first kappa shape index (κ1) is 74.3. The molecule has 0 bridgehead atoms. The fourth-order valence-electron chi connectivity index (χ4n) is 12.8. The van der Waals surface area contributed by atoms with Crippen LogP contribution in [-0.4, -0.2) is 198 Å². The van der Waals surface area contributed by atoms with Crippen LogP contribution in [0.4, 0.5) is 38.5 Å². The summed E-state index contributed by atoms with van der Waals surface area (Å²) >= 11 is 0. The summed E-state index contributed by atoms with van der Waals surface area (Å²) in [6.45, 7) is 13.6. The number of nitrogens with zero attached hydrogens (tertiary/aromatic N) is 18. The minimum Gasteiger partial charge on any atom is -0.497 e. The quantitative estimate of drug-likeness (QED) is 0.0569. The predicted octanol–water partition coefficient (Wildman–Crippen LogP) is 11.8. The van der Waals surface area contributed by atoms with Crippen LogP contribution in [-0.2, 0) is 25.9 Å². The normalized spacial score (nSPS) is 14.2. The summed E-state index contributed by atoms with van der Waals surface area (Å²) in [7, 11) is 12.2. The van der Waals surface area contributed by atoms with Gasteiger partial charge in [-0.1, -0.05) is 0 Å². The standard InChI is InChI=1S/C28H31N7O3.C27H32N6O3.C24H26FN5O2/c1-33-16-20(13-31-33)28-14-30-26-5-4-21(10-27(26)32-28)35(22-8-24(37-2)11-25(9-22)38-3)18-23(36)17-34-7-6-19(12-29)15-34;1-31-19-20(17-29-31)27-18-28-25-6-5-21(15-26(25)30-27)33(8-4-7-32-9-11-36-12-10-32)22-13-23(34-2)16-24(14-22)35-3;1-24(2,3)32-20-10-17(25)9-19(11-20)30(7-8-31)18-5-6-21-22(12-18)28-23(14-26-21)16-13-27-29(4)15-16/h4-5,8-11,13-14,16,19,23,36H,6-7,15,17-18H2,1-3H3;5-6,13-19H,4,7-12H2,1-3H3;5-6,9-15,31H,7-8H2,1-4H3/t19-,23+;;/m1../s1. The number of morpholine rings is 1. The molecule has 2 atom stereocenters. The van der Waals surface area contributed by atoms with E-state index < -0.39 is 17.5 Å². The molecule has 2 aliphatic heterocycles. The predicted molar refractivity (Wildman–Crippen MR) is 407 cm³/mol. The van der Waals surface area contributed by atoms with Gasteiger partial charge in [0.05, 0.1) is 160 Å². The Morgan fingerprint density at radius 2 is 0.972 bits per heavy atom. The van der Waals surface area contributed by atoms with E-state index in [1.807, 2.05) is 149 Å². The highest BCUT2D eigenvalue weighted by Gasteiger charge is 2.27. The largest absolute Gasteiger partial charge is 0.497 e. The number of ether oxygens (including phenoxy) is 6. The molecule has 12 aromatic rings. The maximum atomic E-state index is 14.4. The zero-order valence-electron chi connectivity index (χ0n) is 61.4. The molecule has 0 unspecified atom stereocenters. The SMILES string of the molecule is COc1cc(OC)cc(N(CCCN2CCOCC2)c2ccc3ncc(-c4cnn(C)c4)nc3c2)c1.COc1cc(OC)cc(N(C[C@@H](O)CN2CC[C@H](C#N)C2)c2ccc3ncc(-c4cnn(C)c4)nc3c2)c1.Cn1cc(-c2cnc3ccc(N(CCO)c4cc(F)cc(OC(C)(C)C)c4)cc3n2)cn1. The van der Waals surface area contributed by atoms with E-state index in [4.69, 9.17) is 43.4 Å². The van der Waals surface area contributed by atoms with Crippen LogP contribution in [0.5, 0.6) is 28.7 Å². The van der Waals surface area contributed by atoms with E-state index in [0.29, 0.717) is 53.8 Å². The van der Waals surface area contributed by atoms with E-state index >= 15 is 0 Å². The molecule has 26 nitrogen and oxygen atoms in total. The number of β-amino-alcohol motifs (C(OH)–C–C–N with tert-alkyl or cyclic N) is 1. The number of aliphatic hydroxyl groups excluding tert-OH is 2. The summed E-state index contributed by atoms with van der Waals surface area (Å²) in [5, 5.41) is 42.8. The summed E-state index contributed by atoms with van der Waals surface area (Å²) in [4.78, 5) is 39.0. The van der Waals surface area contributed by atoms with Gasteiger partial charge in [0.2, 0.25) is 0 Å².